The van der Waals surface area contributed by atoms with Crippen LogP contribution in [0.1, 0.15) is 132 Å². The Morgan fingerprint density at radius 2 is 0.476 bits per heavy atom. The van der Waals surface area contributed by atoms with Crippen LogP contribution in [-0.2, 0) is 27.1 Å². The van der Waals surface area contributed by atoms with Gasteiger partial charge in [-0.2, -0.15) is 0 Å². The number of benzene rings is 13. The van der Waals surface area contributed by atoms with Gasteiger partial charge in [0, 0.05) is 66.5 Å². The number of anilines is 6. The Balaban J connectivity index is 0.993. The molecule has 5 heteroatoms. The highest BCUT2D eigenvalue weighted by Gasteiger charge is 2.46. The summed E-state index contributed by atoms with van der Waals surface area (Å²) in [5.41, 5.74) is 33.1. The maximum atomic E-state index is 2.67. The standard InChI is InChI=1S/C98H91BN4/c1-94(2,3)66-52-64(53-67(58-66)95(4,5)6)62-48-50-89-79(56-62)99-80-57-63(65-54-68(96(7,8)9)59-69(55-65)97(10,11)12)49-51-90(80)103(88-47-31-23-39-78(88)76-37-21-29-45-86(76)101-83-42-26-18-34-73(83)74-35-19-27-43-84(74)101)92-61-70(98(13,14)15)60-91(93(92)99)102(89)87-46-30-22-38-77(87)75-36-20-28-44-85(75)100-81-40-24-16-32-71(81)72-33-17-25-41-82(72)100/h16-61H,1-15H3. The molecule has 0 unspecified atom stereocenters. The Morgan fingerprint density at radius 3 is 0.786 bits per heavy atom. The molecule has 13 aromatic carbocycles. The lowest BCUT2D eigenvalue weighted by molar-refractivity contribution is 0.568. The summed E-state index contributed by atoms with van der Waals surface area (Å²) in [6, 6.07) is 107. The van der Waals surface area contributed by atoms with Gasteiger partial charge in [0.25, 0.3) is 6.71 Å². The molecule has 2 aliphatic rings. The highest BCUT2D eigenvalue weighted by atomic mass is 15.2. The van der Waals surface area contributed by atoms with E-state index in [0.717, 1.165) is 56.4 Å². The van der Waals surface area contributed by atoms with Crippen LogP contribution in [0, 0.1) is 0 Å². The van der Waals surface area contributed by atoms with Crippen LogP contribution in [0.2, 0.25) is 0 Å². The number of nitrogens with zero attached hydrogens (tertiary/aromatic N) is 4. The van der Waals surface area contributed by atoms with Gasteiger partial charge in [-0.15, -0.1) is 0 Å². The monoisotopic (exact) mass is 1330 g/mol. The zero-order valence-electron chi connectivity index (χ0n) is 62.4. The van der Waals surface area contributed by atoms with Crippen LogP contribution in [0.4, 0.5) is 34.1 Å². The van der Waals surface area contributed by atoms with Crippen molar-refractivity contribution >= 4 is 101 Å². The van der Waals surface area contributed by atoms with Crippen LogP contribution in [0.15, 0.2) is 279 Å². The largest absolute Gasteiger partial charge is 0.311 e. The predicted molar refractivity (Wildman–Crippen MR) is 444 cm³/mol. The first kappa shape index (κ1) is 65.4. The summed E-state index contributed by atoms with van der Waals surface area (Å²) in [5.74, 6) is 0. The number of hydrogen-bond donors (Lipinski definition) is 0. The van der Waals surface area contributed by atoms with Gasteiger partial charge in [0.15, 0.2) is 0 Å². The minimum absolute atomic E-state index is 0.0849. The molecule has 15 aromatic rings. The lowest BCUT2D eigenvalue weighted by atomic mass is 9.33. The number of fused-ring (bicyclic) bond motifs is 10. The summed E-state index contributed by atoms with van der Waals surface area (Å²) in [6.07, 6.45) is 0. The van der Waals surface area contributed by atoms with Gasteiger partial charge >= 0.3 is 0 Å². The second kappa shape index (κ2) is 23.9. The number of aromatic nitrogens is 2. The third-order valence-electron chi connectivity index (χ3n) is 22.2. The maximum absolute atomic E-state index is 2.67. The fourth-order valence-corrected chi connectivity index (χ4v) is 16.6. The first-order chi connectivity index (χ1) is 49.3. The highest BCUT2D eigenvalue weighted by molar-refractivity contribution is 7.00. The smallest absolute Gasteiger partial charge is 0.252 e. The first-order valence-corrected chi connectivity index (χ1v) is 37.0. The van der Waals surface area contributed by atoms with Crippen molar-refractivity contribution in [3.8, 4) is 55.9 Å². The Bertz CT molecular complexity index is 5410. The number of hydrogen-bond acceptors (Lipinski definition) is 2. The lowest BCUT2D eigenvalue weighted by Gasteiger charge is -2.46. The van der Waals surface area contributed by atoms with E-state index >= 15 is 0 Å². The average molecular weight is 1340 g/mol. The second-order valence-corrected chi connectivity index (χ2v) is 34.2. The molecular formula is C98H91BN4. The van der Waals surface area contributed by atoms with Crippen molar-refractivity contribution in [1.29, 1.82) is 0 Å². The maximum Gasteiger partial charge on any atom is 0.252 e. The van der Waals surface area contributed by atoms with Crippen molar-refractivity contribution in [2.45, 2.75) is 131 Å². The van der Waals surface area contributed by atoms with Crippen LogP contribution in [0.5, 0.6) is 0 Å². The van der Waals surface area contributed by atoms with Gasteiger partial charge in [-0.3, -0.25) is 0 Å². The fraction of sp³-hybridized carbons (Fsp3) is 0.204. The zero-order valence-corrected chi connectivity index (χ0v) is 62.4. The van der Waals surface area contributed by atoms with Gasteiger partial charge < -0.3 is 18.9 Å². The van der Waals surface area contributed by atoms with Crippen molar-refractivity contribution in [3.05, 3.63) is 307 Å². The van der Waals surface area contributed by atoms with Crippen molar-refractivity contribution in [2.75, 3.05) is 9.80 Å². The molecule has 17 rings (SSSR count). The normalized spacial score (nSPS) is 13.3. The minimum Gasteiger partial charge on any atom is -0.311 e. The molecule has 0 fully saturated rings. The van der Waals surface area contributed by atoms with E-state index in [4.69, 9.17) is 0 Å². The van der Waals surface area contributed by atoms with E-state index in [1.807, 2.05) is 0 Å². The summed E-state index contributed by atoms with van der Waals surface area (Å²) in [4.78, 5) is 5.35. The molecule has 2 aliphatic heterocycles. The molecular weight excluding hydrogens is 1240 g/mol. The topological polar surface area (TPSA) is 16.3 Å². The summed E-state index contributed by atoms with van der Waals surface area (Å²) in [7, 11) is 0. The minimum atomic E-state index is -0.274. The molecule has 0 bridgehead atoms. The Kier molecular flexibility index (Phi) is 15.2. The molecule has 0 saturated carbocycles. The summed E-state index contributed by atoms with van der Waals surface area (Å²) in [6.45, 7) is 35.2. The van der Waals surface area contributed by atoms with Gasteiger partial charge in [0.2, 0.25) is 0 Å². The van der Waals surface area contributed by atoms with Gasteiger partial charge in [0.1, 0.15) is 0 Å². The first-order valence-electron chi connectivity index (χ1n) is 37.0. The van der Waals surface area contributed by atoms with Crippen LogP contribution >= 0.6 is 0 Å². The summed E-state index contributed by atoms with van der Waals surface area (Å²) in [5, 5.41) is 4.95. The zero-order chi connectivity index (χ0) is 71.4. The molecule has 103 heavy (non-hydrogen) atoms. The fourth-order valence-electron chi connectivity index (χ4n) is 16.6. The van der Waals surface area contributed by atoms with E-state index < -0.39 is 0 Å². The molecule has 4 heterocycles. The van der Waals surface area contributed by atoms with Crippen LogP contribution in [0.3, 0.4) is 0 Å². The van der Waals surface area contributed by atoms with Gasteiger partial charge in [0.05, 0.1) is 44.8 Å². The average Bonchev–Trinajstić information content (AvgIpc) is 1.40. The van der Waals surface area contributed by atoms with Crippen LogP contribution in [-0.4, -0.2) is 15.8 Å². The van der Waals surface area contributed by atoms with Crippen molar-refractivity contribution in [2.24, 2.45) is 0 Å². The molecule has 506 valence electrons. The summed E-state index contributed by atoms with van der Waals surface area (Å²) >= 11 is 0. The quantitative estimate of drug-likeness (QED) is 0.141. The van der Waals surface area contributed by atoms with Crippen LogP contribution < -0.4 is 26.2 Å². The Morgan fingerprint density at radius 1 is 0.214 bits per heavy atom. The van der Waals surface area contributed by atoms with E-state index in [2.05, 4.69) is 402 Å². The lowest BCUT2D eigenvalue weighted by Crippen LogP contribution is -2.61. The molecule has 0 N–H and O–H groups in total. The molecule has 0 amide bonds. The molecule has 4 nitrogen and oxygen atoms in total. The van der Waals surface area contributed by atoms with Crippen molar-refractivity contribution < 1.29 is 0 Å². The SMILES string of the molecule is CC(C)(C)c1cc(-c2ccc3c(c2)B2c4cc(-c5cc(C(C)(C)C)cc(C(C)(C)C)c5)ccc4N(c4ccccc4-c4ccccc4-n4c5ccccc5c5ccccc54)c4cc(C(C)(C)C)cc(c42)N3c2ccccc2-c2ccccc2-n2c3ccccc3c3ccccc32)cc(C(C)(C)C)c1. The molecule has 0 radical (unpaired) electrons. The van der Waals surface area contributed by atoms with Crippen molar-refractivity contribution in [1.82, 2.24) is 9.13 Å². The Hall–Kier alpha value is -10.9. The molecule has 0 atom stereocenters. The van der Waals surface area contributed by atoms with E-state index in [1.165, 1.54) is 121 Å². The van der Waals surface area contributed by atoms with E-state index in [0.29, 0.717) is 0 Å². The predicted octanol–water partition coefficient (Wildman–Crippen LogP) is 25.1. The third kappa shape index (κ3) is 10.9. The van der Waals surface area contributed by atoms with E-state index in [-0.39, 0.29) is 33.8 Å². The molecule has 2 aromatic heterocycles. The Labute approximate surface area is 609 Å². The van der Waals surface area contributed by atoms with Gasteiger partial charge in [-0.05, 0) is 166 Å². The van der Waals surface area contributed by atoms with Gasteiger partial charge in [-0.1, -0.05) is 310 Å². The van der Waals surface area contributed by atoms with Crippen molar-refractivity contribution in [3.63, 3.8) is 0 Å². The molecule has 0 aliphatic carbocycles. The van der Waals surface area contributed by atoms with Crippen LogP contribution in [0.25, 0.3) is 99.5 Å². The van der Waals surface area contributed by atoms with E-state index in [9.17, 15) is 0 Å². The third-order valence-corrected chi connectivity index (χ3v) is 22.2. The van der Waals surface area contributed by atoms with E-state index in [1.54, 1.807) is 0 Å². The number of rotatable bonds is 8. The number of para-hydroxylation sites is 8. The van der Waals surface area contributed by atoms with Gasteiger partial charge in [-0.25, -0.2) is 0 Å². The summed E-state index contributed by atoms with van der Waals surface area (Å²) < 4.78 is 4.99. The molecule has 0 spiro atoms. The molecule has 0 saturated heterocycles. The second-order valence-electron chi connectivity index (χ2n) is 34.2. The highest BCUT2D eigenvalue weighted by Crippen LogP contribution is 2.53.